The maximum atomic E-state index is 12.5. The molecule has 8 nitrogen and oxygen atoms in total. The molecule has 1 aromatic heterocycles. The lowest BCUT2D eigenvalue weighted by molar-refractivity contribution is -0.384. The standard InChI is InChI=1S/C18H23N5O3.ClH/c19-12-15(13-6-2-1-3-7-13)20-18(24)14-10-11-22(21-14)16-8-4-5-9-17(16)23(25)26;/h4-5,8-11,13,15H,1-3,6-7,12,19H2,(H,20,24);1H. The van der Waals surface area contributed by atoms with Crippen molar-refractivity contribution >= 4 is 24.0 Å². The zero-order valence-electron chi connectivity index (χ0n) is 14.9. The molecule has 0 saturated heterocycles. The van der Waals surface area contributed by atoms with E-state index in [1.54, 1.807) is 30.5 Å². The number of hydrogen-bond donors (Lipinski definition) is 2. The van der Waals surface area contributed by atoms with Crippen molar-refractivity contribution in [1.82, 2.24) is 15.1 Å². The van der Waals surface area contributed by atoms with Crippen LogP contribution in [-0.2, 0) is 0 Å². The van der Waals surface area contributed by atoms with Crippen LogP contribution in [0.15, 0.2) is 36.5 Å². The number of nitrogens with zero attached hydrogens (tertiary/aromatic N) is 3. The molecule has 146 valence electrons. The molecule has 1 saturated carbocycles. The fourth-order valence-electron chi connectivity index (χ4n) is 3.54. The van der Waals surface area contributed by atoms with Gasteiger partial charge in [0.2, 0.25) is 0 Å². The Balaban J connectivity index is 0.00000261. The van der Waals surface area contributed by atoms with Gasteiger partial charge in [0, 0.05) is 24.8 Å². The van der Waals surface area contributed by atoms with Crippen LogP contribution in [0.5, 0.6) is 0 Å². The Morgan fingerprint density at radius 2 is 2.00 bits per heavy atom. The lowest BCUT2D eigenvalue weighted by Crippen LogP contribution is -2.46. The number of nitro benzene ring substituents is 1. The van der Waals surface area contributed by atoms with Gasteiger partial charge >= 0.3 is 0 Å². The molecule has 3 rings (SSSR count). The smallest absolute Gasteiger partial charge is 0.294 e. The Morgan fingerprint density at radius 1 is 1.30 bits per heavy atom. The van der Waals surface area contributed by atoms with Crippen LogP contribution in [0, 0.1) is 16.0 Å². The second-order valence-corrected chi connectivity index (χ2v) is 6.61. The molecule has 1 aliphatic carbocycles. The summed E-state index contributed by atoms with van der Waals surface area (Å²) >= 11 is 0. The summed E-state index contributed by atoms with van der Waals surface area (Å²) in [6.07, 6.45) is 7.28. The van der Waals surface area contributed by atoms with Crippen molar-refractivity contribution in [2.45, 2.75) is 38.1 Å². The molecule has 0 radical (unpaired) electrons. The first-order chi connectivity index (χ1) is 12.6. The third kappa shape index (κ3) is 4.84. The minimum atomic E-state index is -0.468. The number of benzene rings is 1. The van der Waals surface area contributed by atoms with Crippen molar-refractivity contribution in [3.63, 3.8) is 0 Å². The summed E-state index contributed by atoms with van der Waals surface area (Å²) in [5.74, 6) is 0.0957. The molecule has 1 unspecified atom stereocenters. The SMILES string of the molecule is Cl.NCC(NC(=O)c1ccn(-c2ccccc2[N+](=O)[O-])n1)C1CCCCC1. The molecule has 2 aromatic rings. The molecule has 0 spiro atoms. The van der Waals surface area contributed by atoms with E-state index in [2.05, 4.69) is 10.4 Å². The number of halogens is 1. The Morgan fingerprint density at radius 3 is 2.67 bits per heavy atom. The zero-order valence-corrected chi connectivity index (χ0v) is 15.7. The van der Waals surface area contributed by atoms with Crippen LogP contribution in [-0.4, -0.2) is 33.2 Å². The third-order valence-corrected chi connectivity index (χ3v) is 4.94. The Labute approximate surface area is 163 Å². The summed E-state index contributed by atoms with van der Waals surface area (Å²) in [5.41, 5.74) is 6.34. The van der Waals surface area contributed by atoms with E-state index in [-0.39, 0.29) is 35.7 Å². The van der Waals surface area contributed by atoms with E-state index in [4.69, 9.17) is 5.73 Å². The number of nitrogens with two attached hydrogens (primary N) is 1. The maximum absolute atomic E-state index is 12.5. The molecule has 1 heterocycles. The van der Waals surface area contributed by atoms with Crippen LogP contribution in [0.25, 0.3) is 5.69 Å². The van der Waals surface area contributed by atoms with E-state index in [1.807, 2.05) is 0 Å². The van der Waals surface area contributed by atoms with E-state index < -0.39 is 4.92 Å². The predicted octanol–water partition coefficient (Wildman–Crippen LogP) is 2.84. The van der Waals surface area contributed by atoms with Crippen LogP contribution in [0.1, 0.15) is 42.6 Å². The second-order valence-electron chi connectivity index (χ2n) is 6.61. The van der Waals surface area contributed by atoms with E-state index in [0.29, 0.717) is 18.2 Å². The van der Waals surface area contributed by atoms with Crippen LogP contribution in [0.3, 0.4) is 0 Å². The number of hydrogen-bond acceptors (Lipinski definition) is 5. The maximum Gasteiger partial charge on any atom is 0.294 e. The topological polar surface area (TPSA) is 116 Å². The first kappa shape index (κ1) is 20.9. The minimum Gasteiger partial charge on any atom is -0.346 e. The minimum absolute atomic E-state index is 0. The normalized spacial score (nSPS) is 15.6. The van der Waals surface area contributed by atoms with Gasteiger partial charge in [-0.25, -0.2) is 4.68 Å². The average molecular weight is 394 g/mol. The van der Waals surface area contributed by atoms with Gasteiger partial charge in [-0.3, -0.25) is 14.9 Å². The number of rotatable bonds is 6. The van der Waals surface area contributed by atoms with Gasteiger partial charge in [0.25, 0.3) is 11.6 Å². The second kappa shape index (κ2) is 9.48. The van der Waals surface area contributed by atoms with Crippen LogP contribution in [0.2, 0.25) is 0 Å². The summed E-state index contributed by atoms with van der Waals surface area (Å²) in [4.78, 5) is 23.2. The van der Waals surface area contributed by atoms with E-state index in [1.165, 1.54) is 30.0 Å². The lowest BCUT2D eigenvalue weighted by Gasteiger charge is -2.29. The van der Waals surface area contributed by atoms with Crippen molar-refractivity contribution < 1.29 is 9.72 Å². The highest BCUT2D eigenvalue weighted by molar-refractivity contribution is 5.92. The first-order valence-electron chi connectivity index (χ1n) is 8.90. The van der Waals surface area contributed by atoms with Gasteiger partial charge < -0.3 is 11.1 Å². The molecular weight excluding hydrogens is 370 g/mol. The highest BCUT2D eigenvalue weighted by Gasteiger charge is 2.25. The van der Waals surface area contributed by atoms with Crippen molar-refractivity contribution in [3.8, 4) is 5.69 Å². The summed E-state index contributed by atoms with van der Waals surface area (Å²) in [6.45, 7) is 0.390. The van der Waals surface area contributed by atoms with Crippen molar-refractivity contribution in [3.05, 3.63) is 52.3 Å². The van der Waals surface area contributed by atoms with Gasteiger partial charge in [-0.05, 0) is 30.9 Å². The lowest BCUT2D eigenvalue weighted by atomic mass is 9.84. The van der Waals surface area contributed by atoms with Gasteiger partial charge in [-0.1, -0.05) is 31.4 Å². The van der Waals surface area contributed by atoms with Gasteiger partial charge in [0.1, 0.15) is 5.69 Å². The van der Waals surface area contributed by atoms with Crippen LogP contribution < -0.4 is 11.1 Å². The molecule has 9 heteroatoms. The number of carbonyl (C=O) groups is 1. The molecule has 0 aliphatic heterocycles. The molecule has 0 bridgehead atoms. The Hall–Kier alpha value is -2.45. The van der Waals surface area contributed by atoms with Gasteiger partial charge in [0.15, 0.2) is 5.69 Å². The average Bonchev–Trinajstić information content (AvgIpc) is 3.17. The van der Waals surface area contributed by atoms with Crippen LogP contribution >= 0.6 is 12.4 Å². The summed E-state index contributed by atoms with van der Waals surface area (Å²) in [5, 5.41) is 18.4. The monoisotopic (exact) mass is 393 g/mol. The molecule has 1 atom stereocenters. The molecule has 1 amide bonds. The summed E-state index contributed by atoms with van der Waals surface area (Å²) in [6, 6.07) is 7.77. The molecule has 1 aliphatic rings. The fraction of sp³-hybridized carbons (Fsp3) is 0.444. The van der Waals surface area contributed by atoms with Crippen molar-refractivity contribution in [2.24, 2.45) is 11.7 Å². The zero-order chi connectivity index (χ0) is 18.5. The molecular formula is C18H24ClN5O3. The summed E-state index contributed by atoms with van der Waals surface area (Å²) in [7, 11) is 0. The van der Waals surface area contributed by atoms with Gasteiger partial charge in [-0.2, -0.15) is 5.10 Å². The fourth-order valence-corrected chi connectivity index (χ4v) is 3.54. The van der Waals surface area contributed by atoms with Crippen LogP contribution in [0.4, 0.5) is 5.69 Å². The first-order valence-corrected chi connectivity index (χ1v) is 8.90. The molecule has 1 aromatic carbocycles. The Kier molecular flexibility index (Phi) is 7.32. The number of nitro groups is 1. The molecule has 27 heavy (non-hydrogen) atoms. The number of nitrogens with one attached hydrogen (secondary N) is 1. The van der Waals surface area contributed by atoms with Gasteiger partial charge in [0.05, 0.1) is 4.92 Å². The molecule has 3 N–H and O–H groups in total. The highest BCUT2D eigenvalue weighted by atomic mass is 35.5. The largest absolute Gasteiger partial charge is 0.346 e. The van der Waals surface area contributed by atoms with Crippen molar-refractivity contribution in [2.75, 3.05) is 6.54 Å². The van der Waals surface area contributed by atoms with Crippen molar-refractivity contribution in [1.29, 1.82) is 0 Å². The molecule has 1 fully saturated rings. The van der Waals surface area contributed by atoms with E-state index in [9.17, 15) is 14.9 Å². The van der Waals surface area contributed by atoms with E-state index >= 15 is 0 Å². The van der Waals surface area contributed by atoms with Gasteiger partial charge in [-0.15, -0.1) is 12.4 Å². The number of carbonyl (C=O) groups excluding carboxylic acids is 1. The van der Waals surface area contributed by atoms with E-state index in [0.717, 1.165) is 12.8 Å². The Bertz CT molecular complexity index is 789. The number of para-hydroxylation sites is 2. The quantitative estimate of drug-likeness (QED) is 0.578. The number of amides is 1. The third-order valence-electron chi connectivity index (χ3n) is 4.94. The number of aromatic nitrogens is 2. The predicted molar refractivity (Wildman–Crippen MR) is 104 cm³/mol. The summed E-state index contributed by atoms with van der Waals surface area (Å²) < 4.78 is 1.35. The highest BCUT2D eigenvalue weighted by Crippen LogP contribution is 2.26.